The Kier molecular flexibility index (Phi) is 9.04. The summed E-state index contributed by atoms with van der Waals surface area (Å²) in [6.07, 6.45) is 1.32. The highest BCUT2D eigenvalue weighted by molar-refractivity contribution is 6.39. The molecule has 1 fully saturated rings. The number of rotatable bonds is 8. The van der Waals surface area contributed by atoms with E-state index in [1.165, 1.54) is 6.08 Å². The number of anilines is 1. The van der Waals surface area contributed by atoms with Gasteiger partial charge in [0.05, 0.1) is 5.69 Å². The van der Waals surface area contributed by atoms with Crippen LogP contribution in [0.3, 0.4) is 0 Å². The van der Waals surface area contributed by atoms with Crippen LogP contribution < -0.4 is 19.7 Å². The van der Waals surface area contributed by atoms with Gasteiger partial charge in [0, 0.05) is 31.2 Å². The van der Waals surface area contributed by atoms with E-state index in [0.717, 1.165) is 10.5 Å². The van der Waals surface area contributed by atoms with Crippen molar-refractivity contribution in [2.75, 3.05) is 4.90 Å². The highest BCUT2D eigenvalue weighted by atomic mass is 35.5. The van der Waals surface area contributed by atoms with Crippen molar-refractivity contribution in [2.24, 2.45) is 0 Å². The first-order valence-electron chi connectivity index (χ1n) is 12.4. The number of hydrogen-bond donors (Lipinski definition) is 1. The molecule has 212 valence electrons. The Bertz CT molecular complexity index is 1710. The van der Waals surface area contributed by atoms with Crippen LogP contribution in [0.4, 0.5) is 10.5 Å². The quantitative estimate of drug-likeness (QED) is 0.155. The monoisotopic (exact) mass is 640 g/mol. The number of barbiturate groups is 1. The van der Waals surface area contributed by atoms with E-state index in [2.05, 4.69) is 5.32 Å². The van der Waals surface area contributed by atoms with Crippen LogP contribution in [0.2, 0.25) is 20.1 Å². The molecule has 0 bridgehead atoms. The lowest BCUT2D eigenvalue weighted by atomic mass is 10.1. The van der Waals surface area contributed by atoms with Gasteiger partial charge in [-0.25, -0.2) is 9.69 Å². The van der Waals surface area contributed by atoms with Crippen molar-refractivity contribution in [1.29, 1.82) is 0 Å². The first-order valence-corrected chi connectivity index (χ1v) is 13.9. The maximum atomic E-state index is 13.5. The van der Waals surface area contributed by atoms with Gasteiger partial charge in [0.25, 0.3) is 11.8 Å². The summed E-state index contributed by atoms with van der Waals surface area (Å²) in [6.45, 7) is 0.389. The molecule has 0 aliphatic carbocycles. The van der Waals surface area contributed by atoms with Crippen molar-refractivity contribution in [3.05, 3.63) is 127 Å². The van der Waals surface area contributed by atoms with Gasteiger partial charge in [-0.15, -0.1) is 0 Å². The van der Waals surface area contributed by atoms with E-state index < -0.39 is 17.8 Å². The molecule has 0 unspecified atom stereocenters. The molecule has 1 aliphatic heterocycles. The maximum Gasteiger partial charge on any atom is 0.335 e. The van der Waals surface area contributed by atoms with Crippen LogP contribution in [-0.4, -0.2) is 17.8 Å². The SMILES string of the molecule is O=C1NC(=O)N(c2ccc(OCc3ccc(Cl)cc3)cc2)C(=O)/C1=C/c1cc(Cl)ccc1OCc1ccc(Cl)cc1Cl. The second kappa shape index (κ2) is 12.9. The summed E-state index contributed by atoms with van der Waals surface area (Å²) in [6, 6.07) is 22.5. The van der Waals surface area contributed by atoms with E-state index in [9.17, 15) is 14.4 Å². The van der Waals surface area contributed by atoms with Gasteiger partial charge in [-0.2, -0.15) is 0 Å². The topological polar surface area (TPSA) is 84.9 Å². The van der Waals surface area contributed by atoms with Gasteiger partial charge in [-0.3, -0.25) is 14.9 Å². The number of carbonyl (C=O) groups excluding carboxylic acids is 3. The van der Waals surface area contributed by atoms with Crippen molar-refractivity contribution in [3.63, 3.8) is 0 Å². The van der Waals surface area contributed by atoms with Crippen molar-refractivity contribution in [2.45, 2.75) is 13.2 Å². The summed E-state index contributed by atoms with van der Waals surface area (Å²) in [5.41, 5.74) is 1.91. The van der Waals surface area contributed by atoms with Gasteiger partial charge < -0.3 is 9.47 Å². The van der Waals surface area contributed by atoms with E-state index in [1.807, 2.05) is 12.1 Å². The Labute approximate surface area is 261 Å². The molecule has 7 nitrogen and oxygen atoms in total. The highest BCUT2D eigenvalue weighted by Gasteiger charge is 2.37. The minimum Gasteiger partial charge on any atom is -0.489 e. The predicted molar refractivity (Wildman–Crippen MR) is 163 cm³/mol. The molecular weight excluding hydrogens is 622 g/mol. The number of nitrogens with one attached hydrogen (secondary N) is 1. The summed E-state index contributed by atoms with van der Waals surface area (Å²) in [4.78, 5) is 39.8. The van der Waals surface area contributed by atoms with Gasteiger partial charge >= 0.3 is 6.03 Å². The fraction of sp³-hybridized carbons (Fsp3) is 0.0645. The third-order valence-corrected chi connectivity index (χ3v) is 7.26. The summed E-state index contributed by atoms with van der Waals surface area (Å²) in [5, 5.41) is 4.10. The van der Waals surface area contributed by atoms with Crippen LogP contribution in [0.1, 0.15) is 16.7 Å². The first-order chi connectivity index (χ1) is 20.2. The van der Waals surface area contributed by atoms with Crippen LogP contribution in [0.5, 0.6) is 11.5 Å². The number of hydrogen-bond acceptors (Lipinski definition) is 5. The molecule has 0 spiro atoms. The number of nitrogens with zero attached hydrogens (tertiary/aromatic N) is 1. The number of benzene rings is 4. The van der Waals surface area contributed by atoms with Crippen molar-refractivity contribution in [3.8, 4) is 11.5 Å². The third kappa shape index (κ3) is 6.89. The normalized spacial score (nSPS) is 14.2. The lowest BCUT2D eigenvalue weighted by Gasteiger charge is -2.26. The summed E-state index contributed by atoms with van der Waals surface area (Å²) in [5.74, 6) is -0.808. The van der Waals surface area contributed by atoms with E-state index in [4.69, 9.17) is 55.9 Å². The zero-order valence-electron chi connectivity index (χ0n) is 21.6. The van der Waals surface area contributed by atoms with Crippen molar-refractivity contribution in [1.82, 2.24) is 5.32 Å². The minimum absolute atomic E-state index is 0.0883. The molecule has 1 aliphatic rings. The van der Waals surface area contributed by atoms with E-state index >= 15 is 0 Å². The first kappa shape index (κ1) is 29.5. The number of carbonyl (C=O) groups is 3. The summed E-state index contributed by atoms with van der Waals surface area (Å²) < 4.78 is 11.7. The van der Waals surface area contributed by atoms with Gasteiger partial charge in [0.15, 0.2) is 0 Å². The van der Waals surface area contributed by atoms with E-state index in [1.54, 1.807) is 72.8 Å². The zero-order chi connectivity index (χ0) is 29.8. The minimum atomic E-state index is -0.878. The number of urea groups is 1. The lowest BCUT2D eigenvalue weighted by Crippen LogP contribution is -2.54. The fourth-order valence-electron chi connectivity index (χ4n) is 4.04. The van der Waals surface area contributed by atoms with Crippen LogP contribution in [0.25, 0.3) is 6.08 Å². The van der Waals surface area contributed by atoms with E-state index in [-0.39, 0.29) is 17.9 Å². The molecule has 0 atom stereocenters. The molecule has 5 rings (SSSR count). The lowest BCUT2D eigenvalue weighted by molar-refractivity contribution is -0.122. The average molecular weight is 642 g/mol. The summed E-state index contributed by atoms with van der Waals surface area (Å²) >= 11 is 24.4. The second-order valence-electron chi connectivity index (χ2n) is 9.07. The number of imide groups is 2. The molecule has 11 heteroatoms. The third-order valence-electron chi connectivity index (χ3n) is 6.19. The predicted octanol–water partition coefficient (Wildman–Crippen LogP) is 8.12. The molecule has 0 saturated carbocycles. The molecule has 0 radical (unpaired) electrons. The largest absolute Gasteiger partial charge is 0.489 e. The van der Waals surface area contributed by atoms with Gasteiger partial charge in [0.1, 0.15) is 30.3 Å². The van der Waals surface area contributed by atoms with Gasteiger partial charge in [0.2, 0.25) is 0 Å². The molecule has 4 aromatic carbocycles. The number of halogens is 4. The fourth-order valence-corrected chi connectivity index (χ4v) is 4.81. The van der Waals surface area contributed by atoms with Crippen LogP contribution in [-0.2, 0) is 22.8 Å². The highest BCUT2D eigenvalue weighted by Crippen LogP contribution is 2.30. The molecule has 4 amide bonds. The smallest absolute Gasteiger partial charge is 0.335 e. The molecule has 1 heterocycles. The Hall–Kier alpha value is -4.01. The molecule has 1 N–H and O–H groups in total. The summed E-state index contributed by atoms with van der Waals surface area (Å²) in [7, 11) is 0. The van der Waals surface area contributed by atoms with Crippen molar-refractivity contribution < 1.29 is 23.9 Å². The average Bonchev–Trinajstić information content (AvgIpc) is 2.96. The second-order valence-corrected chi connectivity index (χ2v) is 10.8. The van der Waals surface area contributed by atoms with Gasteiger partial charge in [-0.1, -0.05) is 64.6 Å². The van der Waals surface area contributed by atoms with Crippen molar-refractivity contribution >= 4 is 76.0 Å². The zero-order valence-corrected chi connectivity index (χ0v) is 24.6. The maximum absolute atomic E-state index is 13.5. The molecule has 42 heavy (non-hydrogen) atoms. The number of ether oxygens (including phenoxy) is 2. The Morgan fingerprint density at radius 2 is 1.38 bits per heavy atom. The van der Waals surface area contributed by atoms with Crippen LogP contribution in [0, 0.1) is 0 Å². The Balaban J connectivity index is 1.36. The van der Waals surface area contributed by atoms with E-state index in [0.29, 0.717) is 49.3 Å². The van der Waals surface area contributed by atoms with Gasteiger partial charge in [-0.05, 0) is 78.4 Å². The Morgan fingerprint density at radius 1 is 0.714 bits per heavy atom. The molecule has 4 aromatic rings. The van der Waals surface area contributed by atoms with Crippen LogP contribution in [0.15, 0.2) is 90.5 Å². The molecule has 0 aromatic heterocycles. The van der Waals surface area contributed by atoms with Crippen LogP contribution >= 0.6 is 46.4 Å². The standard InChI is InChI=1S/C31H20Cl4N2O5/c32-21-4-1-18(2-5-21)16-41-25-10-8-24(9-11-25)37-30(39)26(29(38)36-31(37)40)14-20-13-22(33)7-12-28(20)42-17-19-3-6-23(34)15-27(19)35/h1-15H,16-17H2,(H,36,38,40)/b26-14+. The molecule has 1 saturated heterocycles. The Morgan fingerprint density at radius 3 is 2.10 bits per heavy atom. The number of amides is 4. The molecular formula is C31H20Cl4N2O5.